The minimum absolute atomic E-state index is 0.0928. The molecule has 6 rings (SSSR count). The van der Waals surface area contributed by atoms with Gasteiger partial charge in [-0.2, -0.15) is 0 Å². The number of carbonyl (C=O) groups is 2. The Morgan fingerprint density at radius 3 is 2.39 bits per heavy atom. The predicted molar refractivity (Wildman–Crippen MR) is 124 cm³/mol. The Bertz CT molecular complexity index is 1070. The Morgan fingerprint density at radius 1 is 1.12 bits per heavy atom. The predicted octanol–water partition coefficient (Wildman–Crippen LogP) is 2.22. The first-order chi connectivity index (χ1) is 15.7. The van der Waals surface area contributed by atoms with E-state index in [9.17, 15) is 14.7 Å². The van der Waals surface area contributed by atoms with E-state index >= 15 is 0 Å². The third-order valence-corrected chi connectivity index (χ3v) is 7.63. The van der Waals surface area contributed by atoms with Crippen molar-refractivity contribution >= 4 is 17.5 Å². The van der Waals surface area contributed by atoms with Gasteiger partial charge in [-0.15, -0.1) is 0 Å². The molecule has 0 aliphatic heterocycles. The van der Waals surface area contributed by atoms with Gasteiger partial charge in [-0.25, -0.2) is 0 Å². The molecule has 2 aromatic rings. The molecule has 33 heavy (non-hydrogen) atoms. The van der Waals surface area contributed by atoms with Crippen LogP contribution in [0.1, 0.15) is 64.2 Å². The highest BCUT2D eigenvalue weighted by Gasteiger charge is 2.54. The van der Waals surface area contributed by atoms with Crippen molar-refractivity contribution in [3.05, 3.63) is 53.1 Å². The average Bonchev–Trinajstić information content (AvgIpc) is 2.75. The van der Waals surface area contributed by atoms with E-state index in [-0.39, 0.29) is 11.9 Å². The summed E-state index contributed by atoms with van der Waals surface area (Å²) in [5, 5.41) is 14.5. The molecule has 0 aromatic carbocycles. The van der Waals surface area contributed by atoms with Crippen molar-refractivity contribution < 1.29 is 14.7 Å². The van der Waals surface area contributed by atoms with Crippen LogP contribution in [0.15, 0.2) is 30.6 Å². The van der Waals surface area contributed by atoms with Gasteiger partial charge in [-0.3, -0.25) is 19.6 Å². The number of nitrogens with zero attached hydrogens (tertiary/aromatic N) is 3. The van der Waals surface area contributed by atoms with E-state index in [1.807, 2.05) is 12.1 Å². The molecule has 0 spiro atoms. The average molecular weight is 450 g/mol. The van der Waals surface area contributed by atoms with Crippen molar-refractivity contribution in [2.45, 2.75) is 50.2 Å². The first-order valence-electron chi connectivity index (χ1n) is 11.6. The highest BCUT2D eigenvalue weighted by Crippen LogP contribution is 2.56. The zero-order chi connectivity index (χ0) is 23.3. The molecular weight excluding hydrogens is 418 g/mol. The Kier molecular flexibility index (Phi) is 5.35. The number of aliphatic hydroxyl groups is 1. The fourth-order valence-corrected chi connectivity index (χ4v) is 6.41. The molecule has 3 unspecified atom stereocenters. The topological polar surface area (TPSA) is 121 Å². The molecule has 2 amide bonds. The van der Waals surface area contributed by atoms with Crippen LogP contribution in [0.2, 0.25) is 0 Å². The summed E-state index contributed by atoms with van der Waals surface area (Å²) >= 11 is 0. The molecule has 4 aliphatic rings. The quantitative estimate of drug-likeness (QED) is 0.622. The molecule has 8 heteroatoms. The number of primary amides is 1. The Balaban J connectivity index is 1.36. The zero-order valence-corrected chi connectivity index (χ0v) is 19.1. The van der Waals surface area contributed by atoms with Crippen LogP contribution in [0.3, 0.4) is 0 Å². The van der Waals surface area contributed by atoms with Gasteiger partial charge in [-0.1, -0.05) is 0 Å². The normalized spacial score (nSPS) is 29.7. The van der Waals surface area contributed by atoms with Crippen LogP contribution in [0, 0.1) is 17.8 Å². The number of nitrogens with one attached hydrogen (secondary N) is 1. The van der Waals surface area contributed by atoms with Crippen molar-refractivity contribution in [3.63, 3.8) is 0 Å². The molecular formula is C25H31N5O3. The van der Waals surface area contributed by atoms with Crippen LogP contribution in [-0.2, 0) is 6.42 Å². The number of amides is 2. The smallest absolute Gasteiger partial charge is 0.254 e. The van der Waals surface area contributed by atoms with Gasteiger partial charge in [0.25, 0.3) is 11.8 Å². The second kappa shape index (κ2) is 8.09. The summed E-state index contributed by atoms with van der Waals surface area (Å²) in [5.41, 5.74) is 8.32. The molecule has 4 saturated carbocycles. The SMILES string of the molecule is CN(C)C(=O)c1ccc(Cc2cc(NC3[C@@H]4CC5C[C@H]3CC(O)(C5)C4)c(C(N)=O)cn2)nc1. The van der Waals surface area contributed by atoms with Gasteiger partial charge < -0.3 is 21.1 Å². The highest BCUT2D eigenvalue weighted by atomic mass is 16.3. The second-order valence-corrected chi connectivity index (χ2v) is 10.4. The summed E-state index contributed by atoms with van der Waals surface area (Å²) in [6.45, 7) is 0. The summed E-state index contributed by atoms with van der Waals surface area (Å²) in [7, 11) is 3.41. The number of rotatable bonds is 6. The Labute approximate surface area is 193 Å². The van der Waals surface area contributed by atoms with Gasteiger partial charge in [0, 0.05) is 50.3 Å². The number of anilines is 1. The third-order valence-electron chi connectivity index (χ3n) is 7.63. The molecule has 4 bridgehead atoms. The van der Waals surface area contributed by atoms with Gasteiger partial charge in [-0.05, 0) is 68.1 Å². The molecule has 5 atom stereocenters. The fraction of sp³-hybridized carbons (Fsp3) is 0.520. The lowest BCUT2D eigenvalue weighted by Crippen LogP contribution is -2.59. The van der Waals surface area contributed by atoms with Gasteiger partial charge in [0.15, 0.2) is 0 Å². The molecule has 0 saturated heterocycles. The first kappa shape index (κ1) is 21.8. The summed E-state index contributed by atoms with van der Waals surface area (Å²) in [6.07, 6.45) is 8.42. The number of hydrogen-bond acceptors (Lipinski definition) is 6. The maximum atomic E-state index is 12.1. The van der Waals surface area contributed by atoms with E-state index in [4.69, 9.17) is 5.73 Å². The number of hydrogen-bond donors (Lipinski definition) is 3. The van der Waals surface area contributed by atoms with Crippen LogP contribution in [0.5, 0.6) is 0 Å². The monoisotopic (exact) mass is 449 g/mol. The minimum atomic E-state index is -0.510. The molecule has 0 radical (unpaired) electrons. The van der Waals surface area contributed by atoms with Crippen molar-refractivity contribution in [2.75, 3.05) is 19.4 Å². The van der Waals surface area contributed by atoms with Crippen molar-refractivity contribution in [2.24, 2.45) is 23.5 Å². The van der Waals surface area contributed by atoms with Crippen molar-refractivity contribution in [1.29, 1.82) is 0 Å². The summed E-state index contributed by atoms with van der Waals surface area (Å²) in [4.78, 5) is 34.6. The lowest BCUT2D eigenvalue weighted by molar-refractivity contribution is -0.129. The molecule has 4 fully saturated rings. The standard InChI is InChI=1S/C25H31N5O3/c1-30(2)24(32)15-3-4-18(27-12-15)7-19-8-21(20(13-28-19)23(26)31)29-22-16-5-14-6-17(22)11-25(33,9-14)10-16/h3-4,8,12-14,16-17,22,33H,5-7,9-11H2,1-2H3,(H2,26,31)(H,28,29)/t14?,16-,17+,22?,25?. The lowest BCUT2D eigenvalue weighted by atomic mass is 9.52. The van der Waals surface area contributed by atoms with E-state index in [0.29, 0.717) is 41.0 Å². The number of nitrogens with two attached hydrogens (primary N) is 1. The third kappa shape index (κ3) is 4.19. The van der Waals surface area contributed by atoms with E-state index in [0.717, 1.165) is 43.5 Å². The van der Waals surface area contributed by atoms with Crippen LogP contribution in [-0.4, -0.2) is 57.5 Å². The van der Waals surface area contributed by atoms with Gasteiger partial charge in [0.1, 0.15) is 0 Å². The number of aromatic nitrogens is 2. The van der Waals surface area contributed by atoms with Crippen LogP contribution in [0.4, 0.5) is 5.69 Å². The van der Waals surface area contributed by atoms with E-state index in [1.54, 1.807) is 26.4 Å². The second-order valence-electron chi connectivity index (χ2n) is 10.4. The maximum absolute atomic E-state index is 12.1. The van der Waals surface area contributed by atoms with Gasteiger partial charge in [0.05, 0.1) is 22.4 Å². The van der Waals surface area contributed by atoms with Crippen LogP contribution >= 0.6 is 0 Å². The molecule has 2 heterocycles. The van der Waals surface area contributed by atoms with Crippen molar-refractivity contribution in [1.82, 2.24) is 14.9 Å². The molecule has 8 nitrogen and oxygen atoms in total. The maximum Gasteiger partial charge on any atom is 0.254 e. The molecule has 4 N–H and O–H groups in total. The fourth-order valence-electron chi connectivity index (χ4n) is 6.41. The first-order valence-corrected chi connectivity index (χ1v) is 11.6. The lowest BCUT2D eigenvalue weighted by Gasteiger charge is -2.58. The zero-order valence-electron chi connectivity index (χ0n) is 19.1. The molecule has 4 aliphatic carbocycles. The van der Waals surface area contributed by atoms with Gasteiger partial charge >= 0.3 is 0 Å². The summed E-state index contributed by atoms with van der Waals surface area (Å²) in [6, 6.07) is 5.71. The minimum Gasteiger partial charge on any atom is -0.390 e. The molecule has 2 aromatic heterocycles. The van der Waals surface area contributed by atoms with Crippen LogP contribution < -0.4 is 11.1 Å². The highest BCUT2D eigenvalue weighted by molar-refractivity contribution is 5.98. The molecule has 174 valence electrons. The summed E-state index contributed by atoms with van der Waals surface area (Å²) in [5.74, 6) is 0.820. The van der Waals surface area contributed by atoms with Crippen molar-refractivity contribution in [3.8, 4) is 0 Å². The largest absolute Gasteiger partial charge is 0.390 e. The van der Waals surface area contributed by atoms with E-state index < -0.39 is 11.5 Å². The Hall–Kier alpha value is -3.00. The number of pyridine rings is 2. The summed E-state index contributed by atoms with van der Waals surface area (Å²) < 4.78 is 0. The Morgan fingerprint density at radius 2 is 1.82 bits per heavy atom. The van der Waals surface area contributed by atoms with Gasteiger partial charge in [0.2, 0.25) is 0 Å². The van der Waals surface area contributed by atoms with E-state index in [1.165, 1.54) is 11.1 Å². The number of carbonyl (C=O) groups excluding carboxylic acids is 2. The van der Waals surface area contributed by atoms with Crippen LogP contribution in [0.25, 0.3) is 0 Å². The van der Waals surface area contributed by atoms with E-state index in [2.05, 4.69) is 15.3 Å².